The second-order valence-corrected chi connectivity index (χ2v) is 10.2. The van der Waals surface area contributed by atoms with Gasteiger partial charge in [0.2, 0.25) is 5.91 Å². The van der Waals surface area contributed by atoms with Crippen molar-refractivity contribution >= 4 is 28.6 Å². The van der Waals surface area contributed by atoms with Gasteiger partial charge in [0.05, 0.1) is 12.1 Å². The smallest absolute Gasteiger partial charge is 0.255 e. The maximum absolute atomic E-state index is 13.2. The van der Waals surface area contributed by atoms with E-state index in [2.05, 4.69) is 15.6 Å². The zero-order valence-corrected chi connectivity index (χ0v) is 21.3. The highest BCUT2D eigenvalue weighted by Crippen LogP contribution is 2.32. The number of nitrogens with one attached hydrogen (secondary N) is 3. The molecule has 1 aliphatic heterocycles. The van der Waals surface area contributed by atoms with Crippen molar-refractivity contribution in [3.63, 3.8) is 0 Å². The van der Waals surface area contributed by atoms with Crippen molar-refractivity contribution in [1.29, 1.82) is 0 Å². The highest BCUT2D eigenvalue weighted by Gasteiger charge is 2.39. The van der Waals surface area contributed by atoms with Crippen molar-refractivity contribution in [3.05, 3.63) is 101 Å². The van der Waals surface area contributed by atoms with Crippen LogP contribution in [-0.2, 0) is 4.79 Å². The lowest BCUT2D eigenvalue weighted by molar-refractivity contribution is -0.134. The van der Waals surface area contributed by atoms with Gasteiger partial charge < -0.3 is 20.5 Å². The molecule has 39 heavy (non-hydrogen) atoms. The Bertz CT molecular complexity index is 1600. The van der Waals surface area contributed by atoms with Gasteiger partial charge in [-0.15, -0.1) is 0 Å². The van der Waals surface area contributed by atoms with Gasteiger partial charge in [-0.3, -0.25) is 23.7 Å². The first-order chi connectivity index (χ1) is 19.0. The second kappa shape index (κ2) is 10.2. The first kappa shape index (κ1) is 24.7. The minimum absolute atomic E-state index is 0.0819. The van der Waals surface area contributed by atoms with Gasteiger partial charge >= 0.3 is 0 Å². The number of likely N-dealkylation sites (tertiary alicyclic amines) is 1. The van der Waals surface area contributed by atoms with Gasteiger partial charge in [-0.1, -0.05) is 12.1 Å². The fraction of sp³-hybridized carbons (Fsp3) is 0.267. The molecule has 6 rings (SSSR count). The zero-order chi connectivity index (χ0) is 26.9. The number of pyridine rings is 1. The molecular weight excluding hydrogens is 494 g/mol. The molecule has 0 bridgehead atoms. The lowest BCUT2D eigenvalue weighted by Crippen LogP contribution is -2.61. The Hall–Kier alpha value is -4.66. The molecule has 3 amide bonds. The largest absolute Gasteiger partial charge is 0.361 e. The van der Waals surface area contributed by atoms with Crippen LogP contribution < -0.4 is 16.2 Å². The average molecular weight is 524 g/mol. The van der Waals surface area contributed by atoms with Crippen molar-refractivity contribution < 1.29 is 14.4 Å². The predicted molar refractivity (Wildman–Crippen MR) is 147 cm³/mol. The van der Waals surface area contributed by atoms with Crippen LogP contribution in [0.25, 0.3) is 16.6 Å². The number of rotatable bonds is 6. The molecule has 2 atom stereocenters. The SMILES string of the molecule is O=C(N[C@H]1CN(C(=O)C2CC2)CC[C@H]1NC(=O)c1ccc(-n2ccccc2=O)cc1)c1ccc2cc[nH]c2c1. The van der Waals surface area contributed by atoms with Crippen molar-refractivity contribution in [3.8, 4) is 5.69 Å². The molecule has 198 valence electrons. The Kier molecular flexibility index (Phi) is 6.48. The average Bonchev–Trinajstić information content (AvgIpc) is 3.70. The summed E-state index contributed by atoms with van der Waals surface area (Å²) >= 11 is 0. The van der Waals surface area contributed by atoms with Crippen LogP contribution in [0.15, 0.2) is 83.9 Å². The Morgan fingerprint density at radius 2 is 1.56 bits per heavy atom. The van der Waals surface area contributed by atoms with E-state index in [0.717, 1.165) is 23.7 Å². The Labute approximate surface area is 224 Å². The number of benzene rings is 2. The summed E-state index contributed by atoms with van der Waals surface area (Å²) in [6.07, 6.45) is 5.85. The van der Waals surface area contributed by atoms with Gasteiger partial charge in [-0.2, -0.15) is 0 Å². The Balaban J connectivity index is 1.18. The molecule has 1 aliphatic carbocycles. The molecule has 3 N–H and O–H groups in total. The summed E-state index contributed by atoms with van der Waals surface area (Å²) in [6, 6.07) is 18.3. The third-order valence-electron chi connectivity index (χ3n) is 7.53. The van der Waals surface area contributed by atoms with Crippen molar-refractivity contribution in [2.24, 2.45) is 5.92 Å². The lowest BCUT2D eigenvalue weighted by atomic mass is 9.97. The van der Waals surface area contributed by atoms with E-state index in [1.54, 1.807) is 54.7 Å². The van der Waals surface area contributed by atoms with E-state index in [4.69, 9.17) is 0 Å². The van der Waals surface area contributed by atoms with E-state index in [1.807, 2.05) is 23.2 Å². The van der Waals surface area contributed by atoms with Crippen LogP contribution in [0.5, 0.6) is 0 Å². The molecule has 0 radical (unpaired) electrons. The summed E-state index contributed by atoms with van der Waals surface area (Å²) in [7, 11) is 0. The van der Waals surface area contributed by atoms with Gasteiger partial charge in [0, 0.05) is 59.8 Å². The molecule has 2 aliphatic rings. The minimum Gasteiger partial charge on any atom is -0.361 e. The number of hydrogen-bond acceptors (Lipinski definition) is 4. The predicted octanol–water partition coefficient (Wildman–Crippen LogP) is 2.86. The summed E-state index contributed by atoms with van der Waals surface area (Å²) in [5.74, 6) is -0.327. The molecule has 2 aromatic heterocycles. The number of carbonyl (C=O) groups is 3. The lowest BCUT2D eigenvalue weighted by Gasteiger charge is -2.39. The quantitative estimate of drug-likeness (QED) is 0.360. The number of fused-ring (bicyclic) bond motifs is 1. The number of carbonyl (C=O) groups excluding carboxylic acids is 3. The number of nitrogens with zero attached hydrogens (tertiary/aromatic N) is 2. The topological polar surface area (TPSA) is 116 Å². The summed E-state index contributed by atoms with van der Waals surface area (Å²) in [5, 5.41) is 7.17. The Morgan fingerprint density at radius 3 is 2.33 bits per heavy atom. The summed E-state index contributed by atoms with van der Waals surface area (Å²) in [5.41, 5.74) is 2.32. The van der Waals surface area contributed by atoms with Crippen LogP contribution in [0, 0.1) is 5.92 Å². The zero-order valence-electron chi connectivity index (χ0n) is 21.3. The molecule has 9 nitrogen and oxygen atoms in total. The van der Waals surface area contributed by atoms with Crippen LogP contribution in [0.1, 0.15) is 40.0 Å². The molecule has 9 heteroatoms. The molecule has 2 aromatic carbocycles. The van der Waals surface area contributed by atoms with Crippen LogP contribution in [0.4, 0.5) is 0 Å². The van der Waals surface area contributed by atoms with Crippen LogP contribution >= 0.6 is 0 Å². The normalized spacial score (nSPS) is 19.0. The fourth-order valence-corrected chi connectivity index (χ4v) is 5.17. The third-order valence-corrected chi connectivity index (χ3v) is 7.53. The van der Waals surface area contributed by atoms with Crippen LogP contribution in [-0.4, -0.2) is 57.3 Å². The summed E-state index contributed by atoms with van der Waals surface area (Å²) < 4.78 is 1.50. The highest BCUT2D eigenvalue weighted by atomic mass is 16.2. The van der Waals surface area contributed by atoms with Crippen molar-refractivity contribution in [2.45, 2.75) is 31.3 Å². The summed E-state index contributed by atoms with van der Waals surface area (Å²) in [4.78, 5) is 56.3. The van der Waals surface area contributed by atoms with E-state index in [-0.39, 0.29) is 35.2 Å². The van der Waals surface area contributed by atoms with E-state index < -0.39 is 6.04 Å². The standard InChI is InChI=1S/C30H29N5O4/c36-27-3-1-2-15-35(27)23-10-8-20(9-11-23)28(37)32-24-13-16-34(30(39)21-5-6-21)18-26(24)33-29(38)22-7-4-19-12-14-31-25(19)17-22/h1-4,7-12,14-15,17,21,24,26,31H,5-6,13,16,18H2,(H,32,37)(H,33,38)/t24-,26+/m1/s1. The monoisotopic (exact) mass is 523 g/mol. The number of H-pyrrole nitrogens is 1. The molecule has 4 aromatic rings. The molecule has 0 spiro atoms. The van der Waals surface area contributed by atoms with E-state index >= 15 is 0 Å². The maximum Gasteiger partial charge on any atom is 0.255 e. The number of piperidine rings is 1. The molecule has 2 fully saturated rings. The third kappa shape index (κ3) is 5.20. The molecule has 1 saturated carbocycles. The summed E-state index contributed by atoms with van der Waals surface area (Å²) in [6.45, 7) is 0.865. The van der Waals surface area contributed by atoms with Gasteiger partial charge in [-0.05, 0) is 73.2 Å². The Morgan fingerprint density at radius 1 is 0.821 bits per heavy atom. The number of aromatic nitrogens is 2. The number of aromatic amines is 1. The fourth-order valence-electron chi connectivity index (χ4n) is 5.17. The first-order valence-electron chi connectivity index (χ1n) is 13.2. The van der Waals surface area contributed by atoms with Gasteiger partial charge in [0.25, 0.3) is 17.4 Å². The molecular formula is C30H29N5O4. The number of amides is 3. The van der Waals surface area contributed by atoms with Crippen molar-refractivity contribution in [1.82, 2.24) is 25.1 Å². The van der Waals surface area contributed by atoms with E-state index in [0.29, 0.717) is 36.3 Å². The van der Waals surface area contributed by atoms with Gasteiger partial charge in [0.1, 0.15) is 0 Å². The van der Waals surface area contributed by atoms with Crippen LogP contribution in [0.2, 0.25) is 0 Å². The molecule has 3 heterocycles. The first-order valence-corrected chi connectivity index (χ1v) is 13.2. The number of hydrogen-bond donors (Lipinski definition) is 3. The maximum atomic E-state index is 13.2. The highest BCUT2D eigenvalue weighted by molar-refractivity contribution is 5.98. The van der Waals surface area contributed by atoms with Gasteiger partial charge in [-0.25, -0.2) is 0 Å². The molecule has 1 saturated heterocycles. The van der Waals surface area contributed by atoms with E-state index in [1.165, 1.54) is 10.6 Å². The minimum atomic E-state index is -0.445. The second-order valence-electron chi connectivity index (χ2n) is 10.2. The van der Waals surface area contributed by atoms with Crippen molar-refractivity contribution in [2.75, 3.05) is 13.1 Å². The van der Waals surface area contributed by atoms with Gasteiger partial charge in [0.15, 0.2) is 0 Å². The molecule has 0 unspecified atom stereocenters. The van der Waals surface area contributed by atoms with Crippen LogP contribution in [0.3, 0.4) is 0 Å². The van der Waals surface area contributed by atoms with E-state index in [9.17, 15) is 19.2 Å².